The van der Waals surface area contributed by atoms with Gasteiger partial charge in [0, 0.05) is 22.2 Å². The fourth-order valence-corrected chi connectivity index (χ4v) is 4.02. The first kappa shape index (κ1) is 17.6. The molecule has 3 aromatic rings. The highest BCUT2D eigenvalue weighted by Gasteiger charge is 2.19. The molecule has 0 aliphatic heterocycles. The Morgan fingerprint density at radius 3 is 2.44 bits per heavy atom. The van der Waals surface area contributed by atoms with Gasteiger partial charge in [-0.05, 0) is 48.5 Å². The molecular weight excluding hydrogens is 373 g/mol. The first-order chi connectivity index (χ1) is 11.9. The van der Waals surface area contributed by atoms with Crippen LogP contribution in [0.15, 0.2) is 64.5 Å². The maximum atomic E-state index is 13.8. The molecule has 0 radical (unpaired) electrons. The number of benzene rings is 2. The summed E-state index contributed by atoms with van der Waals surface area (Å²) >= 11 is 0.364. The number of halogens is 3. The van der Waals surface area contributed by atoms with Crippen LogP contribution in [-0.2, 0) is 10.0 Å². The standard InChI is InChI=1S/C16H11F3N2O2S2/c17-13-7-8-14(12-2-1-9-20-15(12)13)25(22,23)21-10-3-5-11(6-4-10)24-16(18)19/h1-9,16,21H. The van der Waals surface area contributed by atoms with Gasteiger partial charge in [0.15, 0.2) is 0 Å². The smallest absolute Gasteiger partial charge is 0.280 e. The van der Waals surface area contributed by atoms with Crippen molar-refractivity contribution < 1.29 is 21.6 Å². The Morgan fingerprint density at radius 1 is 1.04 bits per heavy atom. The molecule has 25 heavy (non-hydrogen) atoms. The van der Waals surface area contributed by atoms with E-state index in [2.05, 4.69) is 9.71 Å². The maximum Gasteiger partial charge on any atom is 0.288 e. The second kappa shape index (κ2) is 6.93. The van der Waals surface area contributed by atoms with Crippen molar-refractivity contribution in [2.75, 3.05) is 4.72 Å². The van der Waals surface area contributed by atoms with Crippen molar-refractivity contribution in [3.05, 3.63) is 60.5 Å². The molecule has 0 atom stereocenters. The van der Waals surface area contributed by atoms with Crippen molar-refractivity contribution in [2.45, 2.75) is 15.5 Å². The predicted molar refractivity (Wildman–Crippen MR) is 90.8 cm³/mol. The summed E-state index contributed by atoms with van der Waals surface area (Å²) in [6, 6.07) is 10.7. The van der Waals surface area contributed by atoms with Gasteiger partial charge in [-0.2, -0.15) is 8.78 Å². The van der Waals surface area contributed by atoms with Gasteiger partial charge < -0.3 is 0 Å². The summed E-state index contributed by atoms with van der Waals surface area (Å²) in [5, 5.41) is 0.153. The van der Waals surface area contributed by atoms with Crippen LogP contribution in [0.25, 0.3) is 10.9 Å². The third kappa shape index (κ3) is 3.88. The second-order valence-electron chi connectivity index (χ2n) is 4.95. The van der Waals surface area contributed by atoms with Gasteiger partial charge in [-0.3, -0.25) is 9.71 Å². The largest absolute Gasteiger partial charge is 0.288 e. The lowest BCUT2D eigenvalue weighted by atomic mass is 10.2. The van der Waals surface area contributed by atoms with E-state index in [1.807, 2.05) is 0 Å². The van der Waals surface area contributed by atoms with Crippen LogP contribution in [0.3, 0.4) is 0 Å². The minimum atomic E-state index is -4.00. The molecule has 0 fully saturated rings. The Hall–Kier alpha value is -2.26. The summed E-state index contributed by atoms with van der Waals surface area (Å²) in [5.74, 6) is -3.18. The van der Waals surface area contributed by atoms with Crippen LogP contribution in [0.2, 0.25) is 0 Å². The van der Waals surface area contributed by atoms with E-state index >= 15 is 0 Å². The highest BCUT2D eigenvalue weighted by molar-refractivity contribution is 7.99. The first-order valence-corrected chi connectivity index (χ1v) is 9.34. The highest BCUT2D eigenvalue weighted by Crippen LogP contribution is 2.28. The van der Waals surface area contributed by atoms with E-state index in [0.717, 1.165) is 12.1 Å². The average molecular weight is 384 g/mol. The molecule has 0 saturated heterocycles. The van der Waals surface area contributed by atoms with Gasteiger partial charge in [0.25, 0.3) is 15.8 Å². The molecule has 4 nitrogen and oxygen atoms in total. The molecule has 3 rings (SSSR count). The number of thioether (sulfide) groups is 1. The Labute approximate surface area is 146 Å². The molecule has 1 N–H and O–H groups in total. The van der Waals surface area contributed by atoms with Gasteiger partial charge >= 0.3 is 0 Å². The average Bonchev–Trinajstić information content (AvgIpc) is 2.56. The molecule has 0 aliphatic carbocycles. The van der Waals surface area contributed by atoms with Crippen LogP contribution < -0.4 is 4.72 Å². The second-order valence-corrected chi connectivity index (χ2v) is 7.67. The van der Waals surface area contributed by atoms with Crippen LogP contribution in [0.4, 0.5) is 18.9 Å². The molecule has 2 aromatic carbocycles. The monoisotopic (exact) mass is 384 g/mol. The van der Waals surface area contributed by atoms with Crippen LogP contribution in [0.5, 0.6) is 0 Å². The van der Waals surface area contributed by atoms with E-state index in [1.165, 1.54) is 42.6 Å². The van der Waals surface area contributed by atoms with Crippen molar-refractivity contribution in [3.63, 3.8) is 0 Å². The summed E-state index contributed by atoms with van der Waals surface area (Å²) in [4.78, 5) is 4.05. The van der Waals surface area contributed by atoms with Gasteiger partial charge in [-0.25, -0.2) is 12.8 Å². The number of anilines is 1. The number of pyridine rings is 1. The Bertz CT molecular complexity index is 1010. The van der Waals surface area contributed by atoms with E-state index in [4.69, 9.17) is 0 Å². The number of nitrogens with one attached hydrogen (secondary N) is 1. The molecule has 0 saturated carbocycles. The topological polar surface area (TPSA) is 59.1 Å². The van der Waals surface area contributed by atoms with Crippen molar-refractivity contribution in [1.82, 2.24) is 4.98 Å². The van der Waals surface area contributed by atoms with Gasteiger partial charge in [0.05, 0.1) is 4.90 Å². The third-order valence-corrected chi connectivity index (χ3v) is 5.46. The summed E-state index contributed by atoms with van der Waals surface area (Å²) in [6.07, 6.45) is 1.37. The number of fused-ring (bicyclic) bond motifs is 1. The molecule has 0 spiro atoms. The van der Waals surface area contributed by atoms with Crippen molar-refractivity contribution in [1.29, 1.82) is 0 Å². The maximum absolute atomic E-state index is 13.8. The molecule has 0 bridgehead atoms. The van der Waals surface area contributed by atoms with Gasteiger partial charge in [0.2, 0.25) is 0 Å². The fraction of sp³-hybridized carbons (Fsp3) is 0.0625. The highest BCUT2D eigenvalue weighted by atomic mass is 32.2. The molecule has 0 amide bonds. The first-order valence-electron chi connectivity index (χ1n) is 6.98. The van der Waals surface area contributed by atoms with Crippen LogP contribution in [-0.4, -0.2) is 19.2 Å². The normalized spacial score (nSPS) is 11.8. The zero-order valence-electron chi connectivity index (χ0n) is 12.5. The van der Waals surface area contributed by atoms with E-state index < -0.39 is 21.6 Å². The molecular formula is C16H11F3N2O2S2. The van der Waals surface area contributed by atoms with Gasteiger partial charge in [0.1, 0.15) is 11.3 Å². The minimum Gasteiger partial charge on any atom is -0.280 e. The number of nitrogens with zero attached hydrogens (tertiary/aromatic N) is 1. The molecule has 0 unspecified atom stereocenters. The van der Waals surface area contributed by atoms with E-state index in [9.17, 15) is 21.6 Å². The van der Waals surface area contributed by atoms with E-state index in [-0.39, 0.29) is 21.5 Å². The lowest BCUT2D eigenvalue weighted by molar-refractivity contribution is 0.252. The summed E-state index contributed by atoms with van der Waals surface area (Å²) in [7, 11) is -4.00. The number of sulfonamides is 1. The third-order valence-electron chi connectivity index (χ3n) is 3.30. The fourth-order valence-electron chi connectivity index (χ4n) is 2.26. The Balaban J connectivity index is 1.94. The Kier molecular flexibility index (Phi) is 4.87. The molecule has 1 heterocycles. The number of alkyl halides is 2. The molecule has 1 aromatic heterocycles. The van der Waals surface area contributed by atoms with Gasteiger partial charge in [-0.15, -0.1) is 0 Å². The predicted octanol–water partition coefficient (Wildman–Crippen LogP) is 4.49. The van der Waals surface area contributed by atoms with Crippen molar-refractivity contribution >= 4 is 38.4 Å². The summed E-state index contributed by atoms with van der Waals surface area (Å²) in [5.41, 5.74) is 0.161. The SMILES string of the molecule is O=S(=O)(Nc1ccc(SC(F)F)cc1)c1ccc(F)c2ncccc12. The number of aromatic nitrogens is 1. The Morgan fingerprint density at radius 2 is 1.76 bits per heavy atom. The van der Waals surface area contributed by atoms with Crippen LogP contribution in [0.1, 0.15) is 0 Å². The zero-order chi connectivity index (χ0) is 18.0. The summed E-state index contributed by atoms with van der Waals surface area (Å²) < 4.78 is 66.0. The van der Waals surface area contributed by atoms with Crippen molar-refractivity contribution in [2.24, 2.45) is 0 Å². The lowest BCUT2D eigenvalue weighted by Gasteiger charge is -2.11. The molecule has 9 heteroatoms. The zero-order valence-corrected chi connectivity index (χ0v) is 14.1. The number of rotatable bonds is 5. The molecule has 0 aliphatic rings. The quantitative estimate of drug-likeness (QED) is 0.659. The summed E-state index contributed by atoms with van der Waals surface area (Å²) in [6.45, 7) is 0. The lowest BCUT2D eigenvalue weighted by Crippen LogP contribution is -2.13. The van der Waals surface area contributed by atoms with Crippen LogP contribution >= 0.6 is 11.8 Å². The number of hydrogen-bond donors (Lipinski definition) is 1. The van der Waals surface area contributed by atoms with Crippen LogP contribution in [0, 0.1) is 5.82 Å². The minimum absolute atomic E-state index is 0.0472. The van der Waals surface area contributed by atoms with E-state index in [0.29, 0.717) is 16.7 Å². The number of hydrogen-bond acceptors (Lipinski definition) is 4. The molecule has 130 valence electrons. The van der Waals surface area contributed by atoms with E-state index in [1.54, 1.807) is 0 Å². The van der Waals surface area contributed by atoms with Gasteiger partial charge in [-0.1, -0.05) is 11.8 Å². The van der Waals surface area contributed by atoms with Crippen molar-refractivity contribution in [3.8, 4) is 0 Å².